The van der Waals surface area contributed by atoms with Crippen LogP contribution in [0.1, 0.15) is 33.8 Å². The summed E-state index contributed by atoms with van der Waals surface area (Å²) in [6, 6.07) is 25.0. The van der Waals surface area contributed by atoms with Crippen molar-refractivity contribution in [3.05, 3.63) is 107 Å². The van der Waals surface area contributed by atoms with Gasteiger partial charge < -0.3 is 4.74 Å². The third kappa shape index (κ3) is 2.57. The number of carbonyl (C=O) groups is 3. The molecular formula is C26H18O4. The molecule has 1 aliphatic heterocycles. The smallest absolute Gasteiger partial charge is 0.330 e. The van der Waals surface area contributed by atoms with Gasteiger partial charge in [0.25, 0.3) is 0 Å². The van der Waals surface area contributed by atoms with E-state index in [2.05, 4.69) is 0 Å². The van der Waals surface area contributed by atoms with Gasteiger partial charge in [0.15, 0.2) is 17.0 Å². The first-order valence-electron chi connectivity index (χ1n) is 9.84. The van der Waals surface area contributed by atoms with Crippen LogP contribution in [0.2, 0.25) is 0 Å². The Morgan fingerprint density at radius 2 is 1.50 bits per heavy atom. The number of hydrogen-bond acceptors (Lipinski definition) is 4. The van der Waals surface area contributed by atoms with Crippen molar-refractivity contribution >= 4 is 23.6 Å². The van der Waals surface area contributed by atoms with Crippen LogP contribution in [0, 0.1) is 5.41 Å². The van der Waals surface area contributed by atoms with Crippen LogP contribution in [-0.4, -0.2) is 17.5 Å². The molecule has 0 aromatic heterocycles. The molecule has 0 saturated heterocycles. The Kier molecular flexibility index (Phi) is 4.21. The highest BCUT2D eigenvalue weighted by atomic mass is 16.5. The summed E-state index contributed by atoms with van der Waals surface area (Å²) in [5, 5.41) is 0. The molecule has 0 N–H and O–H groups in total. The van der Waals surface area contributed by atoms with Crippen molar-refractivity contribution in [3.8, 4) is 5.75 Å². The third-order valence-corrected chi connectivity index (χ3v) is 5.96. The van der Waals surface area contributed by atoms with Gasteiger partial charge in [-0.2, -0.15) is 0 Å². The van der Waals surface area contributed by atoms with E-state index in [-0.39, 0.29) is 17.8 Å². The van der Waals surface area contributed by atoms with Crippen molar-refractivity contribution in [1.82, 2.24) is 0 Å². The molecule has 1 saturated carbocycles. The molecule has 3 aromatic carbocycles. The van der Waals surface area contributed by atoms with E-state index in [0.717, 1.165) is 5.56 Å². The number of fused-ring (bicyclic) bond motifs is 3. The van der Waals surface area contributed by atoms with Crippen molar-refractivity contribution in [1.29, 1.82) is 0 Å². The first kappa shape index (κ1) is 18.3. The van der Waals surface area contributed by atoms with E-state index in [0.29, 0.717) is 16.9 Å². The zero-order chi connectivity index (χ0) is 20.7. The maximum atomic E-state index is 13.9. The quantitative estimate of drug-likeness (QED) is 0.214. The predicted octanol–water partition coefficient (Wildman–Crippen LogP) is 4.61. The Morgan fingerprint density at radius 1 is 0.867 bits per heavy atom. The van der Waals surface area contributed by atoms with E-state index in [4.69, 9.17) is 4.74 Å². The van der Waals surface area contributed by atoms with Gasteiger partial charge in [-0.1, -0.05) is 78.9 Å². The number of rotatable bonds is 3. The Bertz CT molecular complexity index is 1190. The lowest BCUT2D eigenvalue weighted by atomic mass is 9.66. The van der Waals surface area contributed by atoms with Crippen molar-refractivity contribution in [2.45, 2.75) is 12.3 Å². The van der Waals surface area contributed by atoms with E-state index in [9.17, 15) is 14.4 Å². The molecule has 3 aromatic rings. The molecule has 2 atom stereocenters. The molecule has 0 radical (unpaired) electrons. The number of para-hydroxylation sites is 1. The molecule has 0 spiro atoms. The zero-order valence-electron chi connectivity index (χ0n) is 16.1. The van der Waals surface area contributed by atoms with Crippen LogP contribution in [0.5, 0.6) is 5.75 Å². The summed E-state index contributed by atoms with van der Waals surface area (Å²) in [5.41, 5.74) is 0.363. The minimum Gasteiger partial charge on any atom is -0.425 e. The molecule has 0 amide bonds. The van der Waals surface area contributed by atoms with Crippen LogP contribution in [0.4, 0.5) is 0 Å². The fraction of sp³-hybridized carbons (Fsp3) is 0.115. The van der Waals surface area contributed by atoms with Crippen molar-refractivity contribution in [3.63, 3.8) is 0 Å². The standard InChI is InChI=1S/C26H18O4/c27-22-16-20-19-13-7-8-14-23(19)30-25(29)26(20,24(28)18-11-5-2-6-12-18)21(22)15-17-9-3-1-4-10-17/h1-15,20H,16H2/b21-15-/t20-,26+/m1/s1. The van der Waals surface area contributed by atoms with E-state index < -0.39 is 23.1 Å². The highest BCUT2D eigenvalue weighted by Crippen LogP contribution is 2.58. The minimum atomic E-state index is -1.69. The number of carbonyl (C=O) groups excluding carboxylic acids is 3. The minimum absolute atomic E-state index is 0.0867. The fourth-order valence-corrected chi connectivity index (χ4v) is 4.59. The van der Waals surface area contributed by atoms with Gasteiger partial charge in [-0.3, -0.25) is 14.4 Å². The Labute approximate surface area is 173 Å². The lowest BCUT2D eigenvalue weighted by Crippen LogP contribution is -2.48. The van der Waals surface area contributed by atoms with E-state index in [1.165, 1.54) is 0 Å². The average Bonchev–Trinajstić information content (AvgIpc) is 3.08. The summed E-state index contributed by atoms with van der Waals surface area (Å²) in [4.78, 5) is 40.6. The molecule has 4 heteroatoms. The first-order valence-corrected chi connectivity index (χ1v) is 9.84. The lowest BCUT2D eigenvalue weighted by molar-refractivity contribution is -0.143. The second-order valence-corrected chi connectivity index (χ2v) is 7.58. The summed E-state index contributed by atoms with van der Waals surface area (Å²) in [7, 11) is 0. The highest BCUT2D eigenvalue weighted by molar-refractivity contribution is 6.26. The molecule has 2 aliphatic rings. The van der Waals surface area contributed by atoms with E-state index in [1.54, 1.807) is 48.5 Å². The number of Topliss-reactive ketones (excluding diaryl/α,β-unsaturated/α-hetero) is 2. The molecule has 1 fully saturated rings. The second kappa shape index (κ2) is 6.92. The van der Waals surface area contributed by atoms with Crippen LogP contribution in [0.15, 0.2) is 90.5 Å². The summed E-state index contributed by atoms with van der Waals surface area (Å²) in [6.45, 7) is 0. The van der Waals surface area contributed by atoms with Gasteiger partial charge in [-0.15, -0.1) is 0 Å². The molecule has 4 nitrogen and oxygen atoms in total. The second-order valence-electron chi connectivity index (χ2n) is 7.58. The first-order chi connectivity index (χ1) is 14.6. The third-order valence-electron chi connectivity index (χ3n) is 5.96. The Hall–Kier alpha value is -3.79. The van der Waals surface area contributed by atoms with Gasteiger partial charge in [0.2, 0.25) is 0 Å². The summed E-state index contributed by atoms with van der Waals surface area (Å²) in [6.07, 6.45) is 1.75. The molecule has 1 heterocycles. The van der Waals surface area contributed by atoms with Crippen LogP contribution in [-0.2, 0) is 9.59 Å². The van der Waals surface area contributed by atoms with Gasteiger partial charge in [0.1, 0.15) is 5.75 Å². The average molecular weight is 394 g/mol. The molecule has 0 unspecified atom stereocenters. The maximum Gasteiger partial charge on any atom is 0.330 e. The molecule has 5 rings (SSSR count). The Balaban J connectivity index is 1.79. The molecule has 146 valence electrons. The monoisotopic (exact) mass is 394 g/mol. The molecular weight excluding hydrogens is 376 g/mol. The fourth-order valence-electron chi connectivity index (χ4n) is 4.59. The van der Waals surface area contributed by atoms with Gasteiger partial charge in [-0.25, -0.2) is 0 Å². The van der Waals surface area contributed by atoms with Crippen LogP contribution >= 0.6 is 0 Å². The number of ketones is 2. The van der Waals surface area contributed by atoms with Gasteiger partial charge in [-0.05, 0) is 17.7 Å². The summed E-state index contributed by atoms with van der Waals surface area (Å²) < 4.78 is 5.66. The van der Waals surface area contributed by atoms with Crippen molar-refractivity contribution < 1.29 is 19.1 Å². The lowest BCUT2D eigenvalue weighted by Gasteiger charge is -2.37. The van der Waals surface area contributed by atoms with Crippen LogP contribution in [0.25, 0.3) is 6.08 Å². The highest BCUT2D eigenvalue weighted by Gasteiger charge is 2.65. The van der Waals surface area contributed by atoms with E-state index >= 15 is 0 Å². The molecule has 30 heavy (non-hydrogen) atoms. The normalized spacial score (nSPS) is 23.6. The maximum absolute atomic E-state index is 13.9. The van der Waals surface area contributed by atoms with Gasteiger partial charge in [0.05, 0.1) is 0 Å². The van der Waals surface area contributed by atoms with Gasteiger partial charge >= 0.3 is 5.97 Å². The van der Waals surface area contributed by atoms with Crippen molar-refractivity contribution in [2.75, 3.05) is 0 Å². The Morgan fingerprint density at radius 3 is 2.23 bits per heavy atom. The summed E-state index contributed by atoms with van der Waals surface area (Å²) >= 11 is 0. The molecule has 1 aliphatic carbocycles. The zero-order valence-corrected chi connectivity index (χ0v) is 16.1. The number of benzene rings is 3. The topological polar surface area (TPSA) is 60.4 Å². The summed E-state index contributed by atoms with van der Waals surface area (Å²) in [5.74, 6) is -1.47. The number of ether oxygens (including phenoxy) is 1. The predicted molar refractivity (Wildman–Crippen MR) is 112 cm³/mol. The van der Waals surface area contributed by atoms with Crippen LogP contribution in [0.3, 0.4) is 0 Å². The van der Waals surface area contributed by atoms with E-state index in [1.807, 2.05) is 42.5 Å². The molecule has 0 bridgehead atoms. The van der Waals surface area contributed by atoms with Gasteiger partial charge in [0, 0.05) is 29.0 Å². The SMILES string of the molecule is O=C1C[C@@H]2c3ccccc3OC(=O)[C@]2(C(=O)c2ccccc2)/C1=C\c1ccccc1. The van der Waals surface area contributed by atoms with Crippen LogP contribution < -0.4 is 4.74 Å². The van der Waals surface area contributed by atoms with Crippen molar-refractivity contribution in [2.24, 2.45) is 5.41 Å². The number of esters is 1. The largest absolute Gasteiger partial charge is 0.425 e. The number of hydrogen-bond donors (Lipinski definition) is 0.